The molecule has 0 aromatic heterocycles. The number of ether oxygens (including phenoxy) is 1. The van der Waals surface area contributed by atoms with Crippen molar-refractivity contribution in [2.45, 2.75) is 6.42 Å². The predicted molar refractivity (Wildman–Crippen MR) is 80.9 cm³/mol. The molecule has 1 aromatic rings. The van der Waals surface area contributed by atoms with Gasteiger partial charge in [-0.05, 0) is 30.2 Å². The molecule has 0 saturated carbocycles. The molecule has 100 valence electrons. The zero-order valence-electron chi connectivity index (χ0n) is 11.4. The van der Waals surface area contributed by atoms with Crippen molar-refractivity contribution < 1.29 is 9.53 Å². The normalized spacial score (nSPS) is 19.1. The average Bonchev–Trinajstić information content (AvgIpc) is 2.47. The maximum absolute atomic E-state index is 11.0. The van der Waals surface area contributed by atoms with Gasteiger partial charge < -0.3 is 4.74 Å². The van der Waals surface area contributed by atoms with Crippen molar-refractivity contribution in [2.24, 2.45) is 0 Å². The minimum Gasteiger partial charge on any atom is -0.496 e. The number of hydrogen-bond acceptors (Lipinski definition) is 2. The van der Waals surface area contributed by atoms with Gasteiger partial charge in [-0.1, -0.05) is 42.5 Å². The molecule has 20 heavy (non-hydrogen) atoms. The molecule has 0 radical (unpaired) electrons. The van der Waals surface area contributed by atoms with Gasteiger partial charge in [-0.2, -0.15) is 0 Å². The van der Waals surface area contributed by atoms with Crippen LogP contribution in [0.15, 0.2) is 77.8 Å². The van der Waals surface area contributed by atoms with E-state index in [1.165, 1.54) is 0 Å². The van der Waals surface area contributed by atoms with Crippen LogP contribution in [0.1, 0.15) is 12.0 Å². The van der Waals surface area contributed by atoms with Gasteiger partial charge in [0.15, 0.2) is 0 Å². The summed E-state index contributed by atoms with van der Waals surface area (Å²) in [4.78, 5) is 11.0. The molecule has 1 aromatic carbocycles. The summed E-state index contributed by atoms with van der Waals surface area (Å²) in [5.41, 5.74) is 5.74. The lowest BCUT2D eigenvalue weighted by Crippen LogP contribution is -1.97. The van der Waals surface area contributed by atoms with E-state index in [0.29, 0.717) is 0 Å². The molecule has 0 atom stereocenters. The van der Waals surface area contributed by atoms with E-state index in [0.717, 1.165) is 35.2 Å². The highest BCUT2D eigenvalue weighted by Crippen LogP contribution is 2.28. The number of allylic oxidation sites excluding steroid dienone is 5. The summed E-state index contributed by atoms with van der Waals surface area (Å²) in [6.07, 6.45) is 10.9. The fourth-order valence-electron chi connectivity index (χ4n) is 2.03. The van der Waals surface area contributed by atoms with E-state index in [-0.39, 0.29) is 0 Å². The molecular weight excluding hydrogens is 248 g/mol. The maximum Gasteiger partial charge on any atom is 0.143 e. The van der Waals surface area contributed by atoms with Gasteiger partial charge in [0.25, 0.3) is 0 Å². The molecule has 0 spiro atoms. The average molecular weight is 264 g/mol. The van der Waals surface area contributed by atoms with Crippen molar-refractivity contribution in [3.63, 3.8) is 0 Å². The van der Waals surface area contributed by atoms with E-state index in [2.05, 4.69) is 5.73 Å². The highest BCUT2D eigenvalue weighted by Gasteiger charge is 2.13. The van der Waals surface area contributed by atoms with Crippen molar-refractivity contribution in [3.05, 3.63) is 83.3 Å². The second-order valence-electron chi connectivity index (χ2n) is 4.20. The Kier molecular flexibility index (Phi) is 4.94. The van der Waals surface area contributed by atoms with Gasteiger partial charge in [-0.15, -0.1) is 5.73 Å². The van der Waals surface area contributed by atoms with E-state index in [1.807, 2.05) is 54.6 Å². The number of hydrogen-bond donors (Lipinski definition) is 0. The van der Waals surface area contributed by atoms with Gasteiger partial charge in [-0.25, -0.2) is 0 Å². The molecular formula is C18H16O2. The van der Waals surface area contributed by atoms with Crippen molar-refractivity contribution in [1.29, 1.82) is 0 Å². The number of aldehydes is 1. The second kappa shape index (κ2) is 7.13. The third-order valence-corrected chi connectivity index (χ3v) is 2.95. The number of benzene rings is 1. The monoisotopic (exact) mass is 264 g/mol. The second-order valence-corrected chi connectivity index (χ2v) is 4.20. The van der Waals surface area contributed by atoms with Crippen LogP contribution in [-0.4, -0.2) is 13.4 Å². The molecule has 0 amide bonds. The molecule has 0 heterocycles. The summed E-state index contributed by atoms with van der Waals surface area (Å²) in [6.45, 7) is 0. The molecule has 2 rings (SSSR count). The maximum atomic E-state index is 11.0. The van der Waals surface area contributed by atoms with Gasteiger partial charge in [0.1, 0.15) is 12.0 Å². The van der Waals surface area contributed by atoms with Crippen LogP contribution in [0.5, 0.6) is 0 Å². The van der Waals surface area contributed by atoms with E-state index in [9.17, 15) is 4.79 Å². The molecule has 0 saturated heterocycles. The Balaban J connectivity index is 2.58. The van der Waals surface area contributed by atoms with Gasteiger partial charge >= 0.3 is 0 Å². The van der Waals surface area contributed by atoms with Crippen LogP contribution in [0.2, 0.25) is 0 Å². The van der Waals surface area contributed by atoms with Crippen LogP contribution in [0, 0.1) is 0 Å². The Bertz CT molecular complexity index is 625. The Morgan fingerprint density at radius 2 is 2.10 bits per heavy atom. The van der Waals surface area contributed by atoms with Crippen molar-refractivity contribution >= 4 is 11.9 Å². The van der Waals surface area contributed by atoms with Gasteiger partial charge in [0.05, 0.1) is 12.7 Å². The lowest BCUT2D eigenvalue weighted by molar-refractivity contribution is -0.104. The highest BCUT2D eigenvalue weighted by atomic mass is 16.5. The first-order valence-corrected chi connectivity index (χ1v) is 6.44. The fraction of sp³-hybridized carbons (Fsp3) is 0.111. The quantitative estimate of drug-likeness (QED) is 0.469. The van der Waals surface area contributed by atoms with E-state index in [4.69, 9.17) is 4.74 Å². The molecule has 1 aliphatic carbocycles. The van der Waals surface area contributed by atoms with E-state index < -0.39 is 0 Å². The van der Waals surface area contributed by atoms with Crippen LogP contribution in [0.3, 0.4) is 0 Å². The highest BCUT2D eigenvalue weighted by molar-refractivity contribution is 5.91. The van der Waals surface area contributed by atoms with Crippen LogP contribution in [-0.2, 0) is 9.53 Å². The minimum absolute atomic E-state index is 0.725. The Labute approximate surface area is 119 Å². The molecule has 0 bridgehead atoms. The first-order chi connectivity index (χ1) is 9.86. The van der Waals surface area contributed by atoms with Crippen molar-refractivity contribution in [1.82, 2.24) is 0 Å². The molecule has 0 unspecified atom stereocenters. The van der Waals surface area contributed by atoms with Crippen LogP contribution in [0.25, 0.3) is 5.57 Å². The van der Waals surface area contributed by atoms with Crippen LogP contribution >= 0.6 is 0 Å². The van der Waals surface area contributed by atoms with Crippen molar-refractivity contribution in [3.8, 4) is 0 Å². The Morgan fingerprint density at radius 1 is 1.30 bits per heavy atom. The lowest BCUT2D eigenvalue weighted by atomic mass is 9.95. The zero-order chi connectivity index (χ0) is 14.2. The zero-order valence-corrected chi connectivity index (χ0v) is 11.4. The molecule has 1 aliphatic rings. The predicted octanol–water partition coefficient (Wildman–Crippen LogP) is 3.84. The Hall–Kier alpha value is -2.57. The fourth-order valence-corrected chi connectivity index (χ4v) is 2.03. The van der Waals surface area contributed by atoms with Gasteiger partial charge in [0.2, 0.25) is 0 Å². The van der Waals surface area contributed by atoms with Crippen LogP contribution < -0.4 is 0 Å². The molecule has 2 nitrogen and oxygen atoms in total. The largest absolute Gasteiger partial charge is 0.496 e. The lowest BCUT2D eigenvalue weighted by Gasteiger charge is -2.13. The summed E-state index contributed by atoms with van der Waals surface area (Å²) in [5, 5.41) is 0. The number of methoxy groups -OCH3 is 1. The first kappa shape index (κ1) is 13.9. The smallest absolute Gasteiger partial charge is 0.143 e. The minimum atomic E-state index is 0.725. The summed E-state index contributed by atoms with van der Waals surface area (Å²) in [7, 11) is 1.63. The summed E-state index contributed by atoms with van der Waals surface area (Å²) < 4.78 is 5.44. The van der Waals surface area contributed by atoms with Gasteiger partial charge in [-0.3, -0.25) is 4.79 Å². The molecule has 0 N–H and O–H groups in total. The van der Waals surface area contributed by atoms with Gasteiger partial charge in [0, 0.05) is 5.57 Å². The summed E-state index contributed by atoms with van der Waals surface area (Å²) in [6, 6.07) is 9.76. The number of rotatable bonds is 4. The summed E-state index contributed by atoms with van der Waals surface area (Å²) >= 11 is 0. The van der Waals surface area contributed by atoms with Crippen LogP contribution in [0.4, 0.5) is 0 Å². The summed E-state index contributed by atoms with van der Waals surface area (Å²) in [5.74, 6) is 0.725. The van der Waals surface area contributed by atoms with Crippen molar-refractivity contribution in [2.75, 3.05) is 7.11 Å². The SMILES string of the molecule is CO/C1=C/C/C=C\C=C=C1/C(=C\C=O)c1ccccc1. The van der Waals surface area contributed by atoms with E-state index >= 15 is 0 Å². The number of carbonyl (C=O) groups excluding carboxylic acids is 1. The first-order valence-electron chi connectivity index (χ1n) is 6.44. The molecule has 0 fully saturated rings. The third-order valence-electron chi connectivity index (χ3n) is 2.95. The third kappa shape index (κ3) is 3.25. The van der Waals surface area contributed by atoms with E-state index in [1.54, 1.807) is 13.2 Å². The standard InChI is InChI=1S/C18H16O2/c1-20-18-12-8-3-2-7-11-17(18)16(13-14-19)15-9-5-4-6-10-15/h2-7,9-10,12-14H,8H2,1H3/b3-2-,16-13-,18-12+. The number of carbonyl (C=O) groups is 1. The Morgan fingerprint density at radius 3 is 2.80 bits per heavy atom. The molecule has 0 aliphatic heterocycles. The molecule has 2 heteroatoms. The topological polar surface area (TPSA) is 26.3 Å².